The van der Waals surface area contributed by atoms with Gasteiger partial charge in [0, 0.05) is 30.2 Å². The molecule has 1 N–H and O–H groups in total. The number of pyridine rings is 1. The van der Waals surface area contributed by atoms with E-state index in [1.54, 1.807) is 23.3 Å². The van der Waals surface area contributed by atoms with Crippen LogP contribution >= 0.6 is 0 Å². The summed E-state index contributed by atoms with van der Waals surface area (Å²) in [7, 11) is 0. The summed E-state index contributed by atoms with van der Waals surface area (Å²) in [5.74, 6) is -0.140. The zero-order valence-electron chi connectivity index (χ0n) is 18.0. The van der Waals surface area contributed by atoms with Crippen LogP contribution in [0.25, 0.3) is 16.9 Å². The first kappa shape index (κ1) is 20.5. The van der Waals surface area contributed by atoms with E-state index < -0.39 is 0 Å². The molecule has 0 saturated heterocycles. The van der Waals surface area contributed by atoms with Crippen molar-refractivity contribution in [3.63, 3.8) is 0 Å². The third-order valence-electron chi connectivity index (χ3n) is 5.32. The van der Waals surface area contributed by atoms with Gasteiger partial charge < -0.3 is 5.32 Å². The van der Waals surface area contributed by atoms with Crippen LogP contribution in [0.15, 0.2) is 79.3 Å². The highest BCUT2D eigenvalue weighted by Gasteiger charge is 2.20. The van der Waals surface area contributed by atoms with Gasteiger partial charge in [-0.2, -0.15) is 5.10 Å². The molecule has 0 bridgehead atoms. The number of amides is 1. The Bertz CT molecular complexity index is 1180. The third kappa shape index (κ3) is 4.72. The van der Waals surface area contributed by atoms with Crippen molar-refractivity contribution in [3.8, 4) is 16.9 Å². The van der Waals surface area contributed by atoms with Gasteiger partial charge in [-0.1, -0.05) is 42.0 Å². The summed E-state index contributed by atoms with van der Waals surface area (Å²) in [6.07, 6.45) is 6.00. The molecule has 0 fully saturated rings. The van der Waals surface area contributed by atoms with Crippen molar-refractivity contribution in [2.75, 3.05) is 0 Å². The summed E-state index contributed by atoms with van der Waals surface area (Å²) >= 11 is 0. The molecule has 0 saturated carbocycles. The quantitative estimate of drug-likeness (QED) is 0.491. The molecule has 1 amide bonds. The van der Waals surface area contributed by atoms with Gasteiger partial charge in [0.1, 0.15) is 5.69 Å². The third-order valence-corrected chi connectivity index (χ3v) is 5.32. The first-order valence-corrected chi connectivity index (χ1v) is 10.4. The first-order valence-electron chi connectivity index (χ1n) is 10.4. The van der Waals surface area contributed by atoms with Crippen LogP contribution in [-0.2, 0) is 6.42 Å². The standard InChI is InChI=1S/C26H26N4O/c1-18-11-12-21(19(2)14-18)15-20(3)28-26(31)24-17-30(23-9-5-4-6-10-23)29-25(24)22-8-7-13-27-16-22/h4-14,16-17,20H,15H2,1-3H3,(H,28,31). The fourth-order valence-corrected chi connectivity index (χ4v) is 3.73. The molecule has 5 heteroatoms. The van der Waals surface area contributed by atoms with E-state index in [0.717, 1.165) is 17.7 Å². The average Bonchev–Trinajstić information content (AvgIpc) is 3.23. The lowest BCUT2D eigenvalue weighted by Crippen LogP contribution is -2.34. The molecule has 0 aliphatic rings. The Labute approximate surface area is 182 Å². The van der Waals surface area contributed by atoms with Gasteiger partial charge in [-0.15, -0.1) is 0 Å². The Balaban J connectivity index is 1.61. The van der Waals surface area contributed by atoms with E-state index in [-0.39, 0.29) is 11.9 Å². The van der Waals surface area contributed by atoms with E-state index in [9.17, 15) is 4.79 Å². The van der Waals surface area contributed by atoms with Crippen LogP contribution in [-0.4, -0.2) is 26.7 Å². The van der Waals surface area contributed by atoms with Crippen molar-refractivity contribution in [3.05, 3.63) is 102 Å². The van der Waals surface area contributed by atoms with Gasteiger partial charge in [0.25, 0.3) is 5.91 Å². The minimum absolute atomic E-state index is 0.0178. The van der Waals surface area contributed by atoms with Crippen LogP contribution in [0.2, 0.25) is 0 Å². The van der Waals surface area contributed by atoms with Crippen LogP contribution in [0.1, 0.15) is 34.0 Å². The van der Waals surface area contributed by atoms with Crippen molar-refractivity contribution in [1.82, 2.24) is 20.1 Å². The largest absolute Gasteiger partial charge is 0.349 e. The summed E-state index contributed by atoms with van der Waals surface area (Å²) in [6, 6.07) is 20.0. The highest BCUT2D eigenvalue weighted by Crippen LogP contribution is 2.23. The molecule has 1 atom stereocenters. The van der Waals surface area contributed by atoms with Gasteiger partial charge >= 0.3 is 0 Å². The molecule has 2 heterocycles. The van der Waals surface area contributed by atoms with Crippen LogP contribution < -0.4 is 5.32 Å². The van der Waals surface area contributed by atoms with Crippen molar-refractivity contribution in [2.45, 2.75) is 33.2 Å². The van der Waals surface area contributed by atoms with E-state index in [0.29, 0.717) is 11.3 Å². The molecule has 156 valence electrons. The molecule has 31 heavy (non-hydrogen) atoms. The average molecular weight is 411 g/mol. The molecule has 0 radical (unpaired) electrons. The first-order chi connectivity index (χ1) is 15.0. The number of nitrogens with zero attached hydrogens (tertiary/aromatic N) is 3. The smallest absolute Gasteiger partial charge is 0.255 e. The molecule has 4 aromatic rings. The maximum Gasteiger partial charge on any atom is 0.255 e. The van der Waals surface area contributed by atoms with Gasteiger partial charge in [-0.3, -0.25) is 9.78 Å². The Hall–Kier alpha value is -3.73. The normalized spacial score (nSPS) is 11.8. The lowest BCUT2D eigenvalue weighted by Gasteiger charge is -2.16. The molecule has 2 aromatic carbocycles. The summed E-state index contributed by atoms with van der Waals surface area (Å²) in [5, 5.41) is 7.85. The van der Waals surface area contributed by atoms with Gasteiger partial charge in [-0.05, 0) is 62.6 Å². The Morgan fingerprint density at radius 3 is 2.58 bits per heavy atom. The summed E-state index contributed by atoms with van der Waals surface area (Å²) < 4.78 is 1.74. The van der Waals surface area contributed by atoms with E-state index in [1.807, 2.05) is 49.4 Å². The summed E-state index contributed by atoms with van der Waals surface area (Å²) in [6.45, 7) is 6.23. The Morgan fingerprint density at radius 2 is 1.87 bits per heavy atom. The second-order valence-corrected chi connectivity index (χ2v) is 7.92. The predicted molar refractivity (Wildman–Crippen MR) is 123 cm³/mol. The number of carbonyl (C=O) groups excluding carboxylic acids is 1. The van der Waals surface area contributed by atoms with Crippen molar-refractivity contribution in [2.24, 2.45) is 0 Å². The van der Waals surface area contributed by atoms with Gasteiger partial charge in [-0.25, -0.2) is 4.68 Å². The summed E-state index contributed by atoms with van der Waals surface area (Å²) in [4.78, 5) is 17.4. The second kappa shape index (κ2) is 8.96. The van der Waals surface area contributed by atoms with Crippen molar-refractivity contribution < 1.29 is 4.79 Å². The minimum atomic E-state index is -0.140. The number of aromatic nitrogens is 3. The Morgan fingerprint density at radius 1 is 1.06 bits per heavy atom. The number of para-hydroxylation sites is 1. The fraction of sp³-hybridized carbons (Fsp3) is 0.192. The maximum absolute atomic E-state index is 13.2. The number of carbonyl (C=O) groups is 1. The van der Waals surface area contributed by atoms with Crippen LogP contribution in [0.4, 0.5) is 0 Å². The van der Waals surface area contributed by atoms with Crippen molar-refractivity contribution in [1.29, 1.82) is 0 Å². The monoisotopic (exact) mass is 410 g/mol. The predicted octanol–water partition coefficient (Wildman–Crippen LogP) is 4.91. The number of nitrogens with one attached hydrogen (secondary N) is 1. The minimum Gasteiger partial charge on any atom is -0.349 e. The zero-order chi connectivity index (χ0) is 21.8. The molecule has 5 nitrogen and oxygen atoms in total. The van der Waals surface area contributed by atoms with E-state index in [1.165, 1.54) is 16.7 Å². The van der Waals surface area contributed by atoms with Crippen LogP contribution in [0.3, 0.4) is 0 Å². The highest BCUT2D eigenvalue weighted by atomic mass is 16.1. The van der Waals surface area contributed by atoms with E-state index >= 15 is 0 Å². The summed E-state index contributed by atoms with van der Waals surface area (Å²) in [5.41, 5.74) is 6.59. The fourth-order valence-electron chi connectivity index (χ4n) is 3.73. The number of aryl methyl sites for hydroxylation is 2. The van der Waals surface area contributed by atoms with Gasteiger partial charge in [0.2, 0.25) is 0 Å². The number of hydrogen-bond donors (Lipinski definition) is 1. The molecular formula is C26H26N4O. The molecule has 1 unspecified atom stereocenters. The topological polar surface area (TPSA) is 59.8 Å². The number of rotatable bonds is 6. The molecule has 0 spiro atoms. The van der Waals surface area contributed by atoms with Gasteiger partial charge in [0.05, 0.1) is 11.3 Å². The molecule has 4 rings (SSSR count). The van der Waals surface area contributed by atoms with E-state index in [2.05, 4.69) is 42.3 Å². The number of hydrogen-bond acceptors (Lipinski definition) is 3. The highest BCUT2D eigenvalue weighted by molar-refractivity contribution is 6.00. The van der Waals surface area contributed by atoms with E-state index in [4.69, 9.17) is 5.10 Å². The van der Waals surface area contributed by atoms with Gasteiger partial charge in [0.15, 0.2) is 0 Å². The molecule has 0 aliphatic carbocycles. The SMILES string of the molecule is Cc1ccc(CC(C)NC(=O)c2cn(-c3ccccc3)nc2-c2cccnc2)c(C)c1. The zero-order valence-corrected chi connectivity index (χ0v) is 18.0. The second-order valence-electron chi connectivity index (χ2n) is 7.92. The maximum atomic E-state index is 13.2. The Kier molecular flexibility index (Phi) is 5.94. The van der Waals surface area contributed by atoms with Crippen molar-refractivity contribution >= 4 is 5.91 Å². The molecule has 2 aromatic heterocycles. The molecule has 0 aliphatic heterocycles. The molecular weight excluding hydrogens is 384 g/mol. The van der Waals surface area contributed by atoms with Crippen LogP contribution in [0.5, 0.6) is 0 Å². The lowest BCUT2D eigenvalue weighted by atomic mass is 9.99. The van der Waals surface area contributed by atoms with Crippen LogP contribution in [0, 0.1) is 13.8 Å². The lowest BCUT2D eigenvalue weighted by molar-refractivity contribution is 0.0940. The number of benzene rings is 2.